The van der Waals surface area contributed by atoms with E-state index >= 15 is 0 Å². The molecule has 1 heterocycles. The molecular weight excluding hydrogens is 507 g/mol. The quantitative estimate of drug-likeness (QED) is 0.346. The predicted octanol–water partition coefficient (Wildman–Crippen LogP) is 1.73. The van der Waals surface area contributed by atoms with Crippen molar-refractivity contribution in [3.8, 4) is 17.2 Å². The van der Waals surface area contributed by atoms with Crippen LogP contribution in [0.3, 0.4) is 0 Å². The van der Waals surface area contributed by atoms with Gasteiger partial charge in [0.15, 0.2) is 0 Å². The summed E-state index contributed by atoms with van der Waals surface area (Å²) in [6.45, 7) is 0.501. The van der Waals surface area contributed by atoms with Gasteiger partial charge in [-0.15, -0.1) is 0 Å². The van der Waals surface area contributed by atoms with Crippen LogP contribution in [0.15, 0.2) is 60.7 Å². The van der Waals surface area contributed by atoms with Gasteiger partial charge in [-0.1, -0.05) is 23.7 Å². The molecule has 0 spiro atoms. The van der Waals surface area contributed by atoms with E-state index in [0.29, 0.717) is 35.5 Å². The Morgan fingerprint density at radius 2 is 1.80 bits per heavy atom. The van der Waals surface area contributed by atoms with Crippen LogP contribution in [-0.2, 0) is 11.2 Å². The van der Waals surface area contributed by atoms with Gasteiger partial charge in [0.05, 0.1) is 11.6 Å². The van der Waals surface area contributed by atoms with Crippen molar-refractivity contribution < 1.29 is 58.1 Å². The van der Waals surface area contributed by atoms with E-state index in [-0.39, 0.29) is 65.2 Å². The normalized spacial score (nSPS) is 14.2. The van der Waals surface area contributed by atoms with Crippen molar-refractivity contribution in [2.24, 2.45) is 0 Å². The molecular formula is C25H19Cl2FNNaO5. The molecule has 0 fully saturated rings. The molecule has 10 heteroatoms. The number of benzene rings is 3. The molecule has 0 bridgehead atoms. The topological polar surface area (TPSA) is 78.9 Å². The Hall–Kier alpha value is -2.29. The number of nitrogens with zero attached hydrogens (tertiary/aromatic N) is 1. The maximum Gasteiger partial charge on any atom is 1.00 e. The summed E-state index contributed by atoms with van der Waals surface area (Å²) in [5.41, 5.74) is 1.67. The number of ether oxygens (including phenoxy) is 2. The first kappa shape index (κ1) is 27.3. The molecule has 176 valence electrons. The monoisotopic (exact) mass is 525 g/mol. The van der Waals surface area contributed by atoms with Gasteiger partial charge in [-0.25, -0.2) is 4.39 Å². The number of carboxylic acids is 1. The fourth-order valence-corrected chi connectivity index (χ4v) is 4.02. The molecule has 1 aliphatic rings. The van der Waals surface area contributed by atoms with E-state index < -0.39 is 11.9 Å². The Labute approximate surface area is 233 Å². The molecule has 3 aromatic rings. The number of hydrogen-bond acceptors (Lipinski definition) is 5. The fraction of sp³-hybridized carbons (Fsp3) is 0.200. The van der Waals surface area contributed by atoms with Crippen LogP contribution in [0.4, 0.5) is 4.39 Å². The zero-order valence-corrected chi connectivity index (χ0v) is 22.3. The Balaban J connectivity index is 0.00000342. The van der Waals surface area contributed by atoms with Gasteiger partial charge in [0, 0.05) is 47.4 Å². The standard InChI is InChI=1S/C25H20Cl2FNO5.Na/c26-21-13-20-19(25(31)32)10-12-33-22(20)14-23(21)34-18-7-3-16(4-8-18)24(30)29(27)11-9-15-1-5-17(28)6-2-15;/h1-8,13-14,19H,9-12H2,(H,31,32);/q;+1/p-1. The minimum Gasteiger partial charge on any atom is -0.549 e. The minimum absolute atomic E-state index is 0. The number of carbonyl (C=O) groups is 2. The maximum absolute atomic E-state index is 13.0. The van der Waals surface area contributed by atoms with Gasteiger partial charge in [0.2, 0.25) is 0 Å². The number of hydrogen-bond donors (Lipinski definition) is 0. The Morgan fingerprint density at radius 3 is 2.46 bits per heavy atom. The molecule has 1 aliphatic heterocycles. The molecule has 3 aromatic carbocycles. The summed E-state index contributed by atoms with van der Waals surface area (Å²) in [7, 11) is 0. The summed E-state index contributed by atoms with van der Waals surface area (Å²) in [5.74, 6) is -1.59. The SMILES string of the molecule is O=C([O-])C1CCOc2cc(Oc3ccc(C(=O)N(Cl)CCc4ccc(F)cc4)cc3)c(Cl)cc21.[Na+]. The van der Waals surface area contributed by atoms with Crippen molar-refractivity contribution in [1.82, 2.24) is 4.42 Å². The van der Waals surface area contributed by atoms with E-state index in [1.54, 1.807) is 42.5 Å². The molecule has 35 heavy (non-hydrogen) atoms. The van der Waals surface area contributed by atoms with E-state index in [0.717, 1.165) is 9.98 Å². The summed E-state index contributed by atoms with van der Waals surface area (Å²) in [6, 6.07) is 15.4. The van der Waals surface area contributed by atoms with Crippen LogP contribution in [0, 0.1) is 5.82 Å². The summed E-state index contributed by atoms with van der Waals surface area (Å²) in [5, 5.41) is 11.6. The number of fused-ring (bicyclic) bond motifs is 1. The average Bonchev–Trinajstić information content (AvgIpc) is 2.83. The smallest absolute Gasteiger partial charge is 0.549 e. The summed E-state index contributed by atoms with van der Waals surface area (Å²) in [4.78, 5) is 24.0. The Morgan fingerprint density at radius 1 is 1.11 bits per heavy atom. The van der Waals surface area contributed by atoms with Crippen LogP contribution < -0.4 is 44.1 Å². The molecule has 6 nitrogen and oxygen atoms in total. The van der Waals surface area contributed by atoms with Gasteiger partial charge < -0.3 is 19.4 Å². The van der Waals surface area contributed by atoms with Crippen LogP contribution >= 0.6 is 23.4 Å². The van der Waals surface area contributed by atoms with Gasteiger partial charge in [-0.3, -0.25) is 9.21 Å². The van der Waals surface area contributed by atoms with Crippen LogP contribution in [0.25, 0.3) is 0 Å². The third-order valence-corrected chi connectivity index (χ3v) is 6.07. The maximum atomic E-state index is 13.0. The number of aliphatic carboxylic acids is 1. The van der Waals surface area contributed by atoms with Gasteiger partial charge >= 0.3 is 29.6 Å². The third-order valence-electron chi connectivity index (χ3n) is 5.45. The summed E-state index contributed by atoms with van der Waals surface area (Å²) < 4.78 is 25.5. The van der Waals surface area contributed by atoms with Crippen LogP contribution in [0.5, 0.6) is 17.2 Å². The molecule has 0 aromatic heterocycles. The van der Waals surface area contributed by atoms with Crippen molar-refractivity contribution in [2.45, 2.75) is 18.8 Å². The molecule has 0 aliphatic carbocycles. The van der Waals surface area contributed by atoms with Crippen molar-refractivity contribution in [1.29, 1.82) is 0 Å². The summed E-state index contributed by atoms with van der Waals surface area (Å²) >= 11 is 12.4. The molecule has 1 amide bonds. The van der Waals surface area contributed by atoms with E-state index in [1.165, 1.54) is 18.2 Å². The second-order valence-electron chi connectivity index (χ2n) is 7.72. The largest absolute Gasteiger partial charge is 1.00 e. The first-order valence-corrected chi connectivity index (χ1v) is 11.2. The molecule has 0 radical (unpaired) electrons. The molecule has 1 unspecified atom stereocenters. The van der Waals surface area contributed by atoms with E-state index in [9.17, 15) is 19.1 Å². The average molecular weight is 526 g/mol. The van der Waals surface area contributed by atoms with E-state index in [1.807, 2.05) is 0 Å². The number of amides is 1. The third kappa shape index (κ3) is 6.68. The van der Waals surface area contributed by atoms with Crippen LogP contribution in [0.2, 0.25) is 5.02 Å². The van der Waals surface area contributed by atoms with E-state index in [4.69, 9.17) is 32.9 Å². The molecule has 1 atom stereocenters. The van der Waals surface area contributed by atoms with Crippen molar-refractivity contribution >= 4 is 35.3 Å². The molecule has 0 N–H and O–H groups in total. The van der Waals surface area contributed by atoms with Gasteiger partial charge in [0.1, 0.15) is 23.1 Å². The second-order valence-corrected chi connectivity index (χ2v) is 8.54. The van der Waals surface area contributed by atoms with Gasteiger partial charge in [-0.2, -0.15) is 0 Å². The van der Waals surface area contributed by atoms with Gasteiger partial charge in [0.25, 0.3) is 5.91 Å². The van der Waals surface area contributed by atoms with Gasteiger partial charge in [-0.05, 0) is 60.9 Å². The number of halogens is 3. The first-order chi connectivity index (χ1) is 16.3. The van der Waals surface area contributed by atoms with Crippen LogP contribution in [-0.4, -0.2) is 29.4 Å². The van der Waals surface area contributed by atoms with Crippen molar-refractivity contribution in [3.05, 3.63) is 88.2 Å². The Kier molecular flexibility index (Phi) is 9.44. The zero-order chi connectivity index (χ0) is 24.2. The number of carbonyl (C=O) groups excluding carboxylic acids is 2. The van der Waals surface area contributed by atoms with Crippen LogP contribution in [0.1, 0.15) is 33.8 Å². The predicted molar refractivity (Wildman–Crippen MR) is 123 cm³/mol. The summed E-state index contributed by atoms with van der Waals surface area (Å²) in [6.07, 6.45) is 0.789. The second kappa shape index (κ2) is 12.1. The van der Waals surface area contributed by atoms with Crippen molar-refractivity contribution in [3.63, 3.8) is 0 Å². The molecule has 4 rings (SSSR count). The Bertz CT molecular complexity index is 1210. The number of carboxylic acid groups (broad SMARTS) is 1. The minimum atomic E-state index is -1.18. The molecule has 0 saturated carbocycles. The first-order valence-electron chi connectivity index (χ1n) is 10.5. The van der Waals surface area contributed by atoms with Crippen molar-refractivity contribution in [2.75, 3.05) is 13.2 Å². The zero-order valence-electron chi connectivity index (χ0n) is 18.8. The fourth-order valence-electron chi connectivity index (χ4n) is 3.63. The van der Waals surface area contributed by atoms with E-state index in [2.05, 4.69) is 0 Å². The number of rotatable bonds is 7. The molecule has 0 saturated heterocycles.